The fraction of sp³-hybridized carbons (Fsp3) is 0.143. The van der Waals surface area contributed by atoms with E-state index in [4.69, 9.17) is 9.73 Å². The lowest BCUT2D eigenvalue weighted by Crippen LogP contribution is -2.38. The molecule has 1 aliphatic carbocycles. The van der Waals surface area contributed by atoms with Gasteiger partial charge >= 0.3 is 0 Å². The Morgan fingerprint density at radius 3 is 2.49 bits per heavy atom. The van der Waals surface area contributed by atoms with Crippen molar-refractivity contribution in [1.82, 2.24) is 4.57 Å². The molecule has 0 bridgehead atoms. The molecule has 0 N–H and O–H groups in total. The first kappa shape index (κ1) is 23.2. The fourth-order valence-corrected chi connectivity index (χ4v) is 8.22. The summed E-state index contributed by atoms with van der Waals surface area (Å²) in [7, 11) is 1.68. The quantitative estimate of drug-likeness (QED) is 0.264. The number of allylic oxidation sites excluding steroid dienone is 1. The number of halogens is 2. The molecule has 0 unspecified atom stereocenters. The third-order valence-corrected chi connectivity index (χ3v) is 9.10. The topological polar surface area (TPSA) is 43.6 Å². The molecule has 0 amide bonds. The van der Waals surface area contributed by atoms with Crippen LogP contribution in [0.1, 0.15) is 34.7 Å². The second kappa shape index (κ2) is 9.33. The Bertz CT molecular complexity index is 1660. The standard InChI is InChI=1S/C28H20I2N2O2S/c1-34-26-21(29)13-16(14-22(26)30)15-23-27(33)32-25(18-8-3-2-4-9-18)20-12-11-17-7-5-6-10-19(17)24(20)31-28(32)35-23/h2-10,13-15,25H,11-12H2,1H3/b23-15+/t25-/m0/s1. The lowest BCUT2D eigenvalue weighted by molar-refractivity contribution is 0.409. The molecule has 3 aromatic carbocycles. The van der Waals surface area contributed by atoms with Crippen molar-refractivity contribution >= 4 is 68.3 Å². The molecule has 7 heteroatoms. The molecule has 1 aromatic heterocycles. The number of nitrogens with zero attached hydrogens (tertiary/aromatic N) is 2. The summed E-state index contributed by atoms with van der Waals surface area (Å²) >= 11 is 6.02. The molecule has 0 saturated carbocycles. The molecule has 2 aliphatic rings. The number of hydrogen-bond donors (Lipinski definition) is 0. The summed E-state index contributed by atoms with van der Waals surface area (Å²) in [6.07, 6.45) is 3.83. The molecular weight excluding hydrogens is 682 g/mol. The van der Waals surface area contributed by atoms with Gasteiger partial charge in [-0.1, -0.05) is 65.9 Å². The maximum atomic E-state index is 13.8. The fourth-order valence-electron chi connectivity index (χ4n) is 4.97. The maximum Gasteiger partial charge on any atom is 0.271 e. The minimum Gasteiger partial charge on any atom is -0.495 e. The highest BCUT2D eigenvalue weighted by atomic mass is 127. The lowest BCUT2D eigenvalue weighted by atomic mass is 9.83. The van der Waals surface area contributed by atoms with Gasteiger partial charge in [0.2, 0.25) is 0 Å². The number of benzene rings is 3. The molecule has 1 aliphatic heterocycles. The molecular formula is C28H20I2N2O2S. The third kappa shape index (κ3) is 4.01. The van der Waals surface area contributed by atoms with Gasteiger partial charge in [-0.3, -0.25) is 9.36 Å². The van der Waals surface area contributed by atoms with Crippen LogP contribution in [0.3, 0.4) is 0 Å². The Kier molecular flexibility index (Phi) is 6.18. The summed E-state index contributed by atoms with van der Waals surface area (Å²) in [6.45, 7) is 0. The second-order valence-corrected chi connectivity index (χ2v) is 11.9. The highest BCUT2D eigenvalue weighted by Gasteiger charge is 2.32. The summed E-state index contributed by atoms with van der Waals surface area (Å²) in [5.74, 6) is 0.861. The minimum absolute atomic E-state index is 0.00819. The van der Waals surface area contributed by atoms with Crippen molar-refractivity contribution in [2.24, 2.45) is 4.99 Å². The molecule has 4 aromatic rings. The number of rotatable bonds is 3. The van der Waals surface area contributed by atoms with Crippen LogP contribution in [-0.2, 0) is 6.42 Å². The number of aromatic nitrogens is 1. The van der Waals surface area contributed by atoms with Crippen LogP contribution in [0.4, 0.5) is 0 Å². The number of methoxy groups -OCH3 is 1. The number of fused-ring (bicyclic) bond motifs is 3. The Labute approximate surface area is 234 Å². The summed E-state index contributed by atoms with van der Waals surface area (Å²) in [5.41, 5.74) is 6.87. The predicted molar refractivity (Wildman–Crippen MR) is 158 cm³/mol. The van der Waals surface area contributed by atoms with Gasteiger partial charge in [-0.05, 0) is 98.5 Å². The van der Waals surface area contributed by atoms with Crippen molar-refractivity contribution in [3.05, 3.63) is 121 Å². The summed E-state index contributed by atoms with van der Waals surface area (Å²) in [4.78, 5) is 19.7. The molecule has 0 saturated heterocycles. The second-order valence-electron chi connectivity index (χ2n) is 8.54. The van der Waals surface area contributed by atoms with Crippen LogP contribution in [-0.4, -0.2) is 11.7 Å². The molecule has 174 valence electrons. The number of ether oxygens (including phenoxy) is 1. The molecule has 2 heterocycles. The van der Waals surface area contributed by atoms with Gasteiger partial charge in [-0.2, -0.15) is 0 Å². The summed E-state index contributed by atoms with van der Waals surface area (Å²) in [6, 6.07) is 22.8. The highest BCUT2D eigenvalue weighted by molar-refractivity contribution is 14.1. The predicted octanol–water partition coefficient (Wildman–Crippen LogP) is 5.54. The van der Waals surface area contributed by atoms with Crippen molar-refractivity contribution in [2.75, 3.05) is 7.11 Å². The van der Waals surface area contributed by atoms with Crippen LogP contribution in [0.5, 0.6) is 5.75 Å². The monoisotopic (exact) mass is 702 g/mol. The van der Waals surface area contributed by atoms with E-state index in [1.807, 2.05) is 28.8 Å². The first-order chi connectivity index (χ1) is 17.0. The van der Waals surface area contributed by atoms with E-state index in [1.165, 1.54) is 28.0 Å². The molecule has 6 rings (SSSR count). The van der Waals surface area contributed by atoms with Crippen LogP contribution >= 0.6 is 56.5 Å². The molecule has 0 radical (unpaired) electrons. The van der Waals surface area contributed by atoms with E-state index in [2.05, 4.69) is 93.7 Å². The van der Waals surface area contributed by atoms with Crippen LogP contribution in [0, 0.1) is 7.14 Å². The first-order valence-corrected chi connectivity index (χ1v) is 14.2. The van der Waals surface area contributed by atoms with Gasteiger partial charge in [0.15, 0.2) is 4.80 Å². The van der Waals surface area contributed by atoms with E-state index >= 15 is 0 Å². The van der Waals surface area contributed by atoms with Crippen LogP contribution in [0.2, 0.25) is 0 Å². The van der Waals surface area contributed by atoms with E-state index in [0.29, 0.717) is 4.53 Å². The Morgan fingerprint density at radius 1 is 1.03 bits per heavy atom. The minimum atomic E-state index is -0.144. The third-order valence-electron chi connectivity index (χ3n) is 6.51. The average molecular weight is 702 g/mol. The van der Waals surface area contributed by atoms with Crippen LogP contribution < -0.4 is 19.6 Å². The molecule has 1 atom stereocenters. The summed E-state index contributed by atoms with van der Waals surface area (Å²) in [5, 5.41) is 0. The lowest BCUT2D eigenvalue weighted by Gasteiger charge is -2.30. The van der Waals surface area contributed by atoms with E-state index in [-0.39, 0.29) is 11.6 Å². The first-order valence-electron chi connectivity index (χ1n) is 11.3. The van der Waals surface area contributed by atoms with Crippen molar-refractivity contribution in [3.8, 4) is 5.75 Å². The van der Waals surface area contributed by atoms with Crippen LogP contribution in [0.15, 0.2) is 82.1 Å². The van der Waals surface area contributed by atoms with Crippen molar-refractivity contribution in [2.45, 2.75) is 18.9 Å². The van der Waals surface area contributed by atoms with Gasteiger partial charge in [0.25, 0.3) is 5.56 Å². The smallest absolute Gasteiger partial charge is 0.271 e. The van der Waals surface area contributed by atoms with Crippen LogP contribution in [0.25, 0.3) is 11.8 Å². The Balaban J connectivity index is 1.60. The zero-order valence-electron chi connectivity index (χ0n) is 18.8. The number of aryl methyl sites for hydroxylation is 1. The summed E-state index contributed by atoms with van der Waals surface area (Å²) < 4.78 is 10.1. The maximum absolute atomic E-state index is 13.8. The number of thiazole rings is 1. The normalized spacial score (nSPS) is 16.9. The largest absolute Gasteiger partial charge is 0.495 e. The van der Waals surface area contributed by atoms with Gasteiger partial charge in [0.1, 0.15) is 5.75 Å². The van der Waals surface area contributed by atoms with E-state index < -0.39 is 0 Å². The van der Waals surface area contributed by atoms with Crippen molar-refractivity contribution < 1.29 is 4.74 Å². The zero-order chi connectivity index (χ0) is 24.1. The van der Waals surface area contributed by atoms with Gasteiger partial charge in [0.05, 0.1) is 30.5 Å². The molecule has 35 heavy (non-hydrogen) atoms. The van der Waals surface area contributed by atoms with Crippen molar-refractivity contribution in [1.29, 1.82) is 0 Å². The van der Waals surface area contributed by atoms with Gasteiger partial charge in [-0.25, -0.2) is 4.99 Å². The molecule has 0 fully saturated rings. The van der Waals surface area contributed by atoms with Gasteiger partial charge in [-0.15, -0.1) is 0 Å². The zero-order valence-corrected chi connectivity index (χ0v) is 23.9. The molecule has 4 nitrogen and oxygen atoms in total. The van der Waals surface area contributed by atoms with Crippen molar-refractivity contribution in [3.63, 3.8) is 0 Å². The average Bonchev–Trinajstić information content (AvgIpc) is 3.17. The number of hydrogen-bond acceptors (Lipinski definition) is 4. The van der Waals surface area contributed by atoms with E-state index in [9.17, 15) is 4.79 Å². The van der Waals surface area contributed by atoms with E-state index in [0.717, 1.165) is 47.4 Å². The molecule has 0 spiro atoms. The Morgan fingerprint density at radius 2 is 1.74 bits per heavy atom. The van der Waals surface area contributed by atoms with Gasteiger partial charge in [0, 0.05) is 5.56 Å². The highest BCUT2D eigenvalue weighted by Crippen LogP contribution is 2.41. The SMILES string of the molecule is COc1c(I)cc(/C=c2/sc3n(c2=O)[C@@H](c2ccccc2)C2=C(N=3)c3ccccc3CC2)cc1I. The Hall–Kier alpha value is -2.24. The van der Waals surface area contributed by atoms with Gasteiger partial charge < -0.3 is 4.74 Å². The van der Waals surface area contributed by atoms with E-state index in [1.54, 1.807) is 7.11 Å².